The van der Waals surface area contributed by atoms with Crippen LogP contribution < -0.4 is 10.0 Å². The summed E-state index contributed by atoms with van der Waals surface area (Å²) < 4.78 is 28.9. The van der Waals surface area contributed by atoms with E-state index in [4.69, 9.17) is 0 Å². The van der Waals surface area contributed by atoms with Crippen LogP contribution in [0.2, 0.25) is 0 Å². The normalized spacial score (nSPS) is 11.2. The van der Waals surface area contributed by atoms with Gasteiger partial charge in [0, 0.05) is 27.6 Å². The lowest BCUT2D eigenvalue weighted by atomic mass is 10.1. The number of nitrogens with one attached hydrogen (secondary N) is 2. The molecule has 0 spiro atoms. The zero-order valence-corrected chi connectivity index (χ0v) is 22.0. The highest BCUT2D eigenvalue weighted by Gasteiger charge is 2.20. The van der Waals surface area contributed by atoms with Crippen molar-refractivity contribution in [2.24, 2.45) is 0 Å². The second-order valence-corrected chi connectivity index (χ2v) is 11.4. The van der Waals surface area contributed by atoms with Crippen LogP contribution in [0, 0.1) is 20.8 Å². The van der Waals surface area contributed by atoms with Crippen LogP contribution in [0.25, 0.3) is 0 Å². The van der Waals surface area contributed by atoms with Crippen LogP contribution in [0.15, 0.2) is 101 Å². The van der Waals surface area contributed by atoms with Gasteiger partial charge in [-0.25, -0.2) is 8.42 Å². The van der Waals surface area contributed by atoms with Crippen molar-refractivity contribution >= 4 is 39.1 Å². The number of aryl methyl sites for hydroxylation is 3. The van der Waals surface area contributed by atoms with E-state index in [1.54, 1.807) is 43.0 Å². The van der Waals surface area contributed by atoms with Gasteiger partial charge in [-0.05, 0) is 91.6 Å². The molecule has 5 nitrogen and oxygen atoms in total. The Morgan fingerprint density at radius 1 is 0.778 bits per heavy atom. The standard InChI is InChI=1S/C29H28N2O3S2/c1-20-15-21(2)17-26(16-20)31-36(33,34)28-18-24(12-9-22(28)3)29(32)30-25-13-10-23(11-14-25)19-35-27-7-5-4-6-8-27/h4-18,31H,19H2,1-3H3,(H,30,32). The van der Waals surface area contributed by atoms with Crippen molar-refractivity contribution in [2.45, 2.75) is 36.3 Å². The van der Waals surface area contributed by atoms with Gasteiger partial charge in [0.05, 0.1) is 4.90 Å². The Bertz CT molecular complexity index is 1460. The summed E-state index contributed by atoms with van der Waals surface area (Å²) in [5.74, 6) is 0.453. The fourth-order valence-corrected chi connectivity index (χ4v) is 6.03. The maximum Gasteiger partial charge on any atom is 0.262 e. The summed E-state index contributed by atoms with van der Waals surface area (Å²) in [4.78, 5) is 14.2. The molecule has 0 fully saturated rings. The van der Waals surface area contributed by atoms with Crippen molar-refractivity contribution in [1.29, 1.82) is 0 Å². The average Bonchev–Trinajstić information content (AvgIpc) is 2.83. The number of benzene rings is 4. The molecule has 4 aromatic rings. The van der Waals surface area contributed by atoms with E-state index in [0.29, 0.717) is 16.9 Å². The van der Waals surface area contributed by atoms with Gasteiger partial charge < -0.3 is 5.32 Å². The van der Waals surface area contributed by atoms with E-state index in [2.05, 4.69) is 22.2 Å². The largest absolute Gasteiger partial charge is 0.322 e. The fourth-order valence-electron chi connectivity index (χ4n) is 3.85. The molecule has 0 heterocycles. The Hall–Kier alpha value is -3.55. The number of sulfonamides is 1. The Kier molecular flexibility index (Phi) is 7.82. The lowest BCUT2D eigenvalue weighted by Crippen LogP contribution is -2.17. The molecule has 36 heavy (non-hydrogen) atoms. The van der Waals surface area contributed by atoms with Crippen LogP contribution in [0.4, 0.5) is 11.4 Å². The third-order valence-corrected chi connectivity index (χ3v) is 8.18. The third-order valence-electron chi connectivity index (χ3n) is 5.57. The summed E-state index contributed by atoms with van der Waals surface area (Å²) in [5, 5.41) is 2.86. The number of thioether (sulfide) groups is 1. The molecule has 0 aliphatic rings. The Labute approximate surface area is 217 Å². The molecule has 2 N–H and O–H groups in total. The molecule has 0 bridgehead atoms. The second-order valence-electron chi connectivity index (χ2n) is 8.71. The highest BCUT2D eigenvalue weighted by molar-refractivity contribution is 7.98. The van der Waals surface area contributed by atoms with Crippen LogP contribution in [0.3, 0.4) is 0 Å². The summed E-state index contributed by atoms with van der Waals surface area (Å²) in [5.41, 5.74) is 5.03. The first kappa shape index (κ1) is 25.5. The zero-order chi connectivity index (χ0) is 25.7. The number of hydrogen-bond acceptors (Lipinski definition) is 4. The van der Waals surface area contributed by atoms with E-state index in [1.165, 1.54) is 11.0 Å². The van der Waals surface area contributed by atoms with Crippen LogP contribution >= 0.6 is 11.8 Å². The summed E-state index contributed by atoms with van der Waals surface area (Å²) in [6.45, 7) is 5.54. The molecule has 1 amide bonds. The number of anilines is 2. The third kappa shape index (κ3) is 6.56. The first-order valence-corrected chi connectivity index (χ1v) is 14.0. The molecule has 0 aliphatic heterocycles. The van der Waals surface area contributed by atoms with Gasteiger partial charge in [-0.3, -0.25) is 9.52 Å². The van der Waals surface area contributed by atoms with E-state index in [0.717, 1.165) is 22.4 Å². The van der Waals surface area contributed by atoms with Crippen LogP contribution in [0.1, 0.15) is 32.6 Å². The van der Waals surface area contributed by atoms with Crippen LogP contribution in [-0.2, 0) is 15.8 Å². The summed E-state index contributed by atoms with van der Waals surface area (Å²) in [6, 6.07) is 28.1. The highest BCUT2D eigenvalue weighted by atomic mass is 32.2. The summed E-state index contributed by atoms with van der Waals surface area (Å²) in [7, 11) is -3.87. The van der Waals surface area contributed by atoms with Gasteiger partial charge in [-0.15, -0.1) is 11.8 Å². The molecule has 0 aromatic heterocycles. The van der Waals surface area contributed by atoms with Gasteiger partial charge in [-0.2, -0.15) is 0 Å². The van der Waals surface area contributed by atoms with Gasteiger partial charge in [0.1, 0.15) is 0 Å². The number of carbonyl (C=O) groups is 1. The topological polar surface area (TPSA) is 75.3 Å². The van der Waals surface area contributed by atoms with E-state index >= 15 is 0 Å². The molecule has 4 rings (SSSR count). The monoisotopic (exact) mass is 516 g/mol. The maximum atomic E-state index is 13.1. The van der Waals surface area contributed by atoms with Gasteiger partial charge >= 0.3 is 0 Å². The first-order valence-electron chi connectivity index (χ1n) is 11.5. The predicted octanol–water partition coefficient (Wildman–Crippen LogP) is 6.96. The molecule has 0 radical (unpaired) electrons. The first-order chi connectivity index (χ1) is 17.2. The zero-order valence-electron chi connectivity index (χ0n) is 20.4. The molecule has 7 heteroatoms. The average molecular weight is 517 g/mol. The number of carbonyl (C=O) groups excluding carboxylic acids is 1. The van der Waals surface area contributed by atoms with Crippen molar-refractivity contribution in [1.82, 2.24) is 0 Å². The molecular weight excluding hydrogens is 488 g/mol. The van der Waals surface area contributed by atoms with E-state index in [9.17, 15) is 13.2 Å². The Balaban J connectivity index is 1.45. The lowest BCUT2D eigenvalue weighted by Gasteiger charge is -2.13. The fraction of sp³-hybridized carbons (Fsp3) is 0.138. The van der Waals surface area contributed by atoms with E-state index in [1.807, 2.05) is 62.4 Å². The van der Waals surface area contributed by atoms with Crippen molar-refractivity contribution in [3.05, 3.63) is 119 Å². The van der Waals surface area contributed by atoms with E-state index < -0.39 is 10.0 Å². The van der Waals surface area contributed by atoms with Crippen molar-refractivity contribution in [3.63, 3.8) is 0 Å². The van der Waals surface area contributed by atoms with Crippen LogP contribution in [0.5, 0.6) is 0 Å². The Morgan fingerprint density at radius 2 is 1.44 bits per heavy atom. The molecule has 0 saturated carbocycles. The molecule has 184 valence electrons. The second kappa shape index (κ2) is 11.0. The SMILES string of the molecule is Cc1cc(C)cc(NS(=O)(=O)c2cc(C(=O)Nc3ccc(CSc4ccccc4)cc3)ccc2C)c1. The number of rotatable bonds is 8. The van der Waals surface area contributed by atoms with Gasteiger partial charge in [-0.1, -0.05) is 42.5 Å². The molecule has 0 unspecified atom stereocenters. The summed E-state index contributed by atoms with van der Waals surface area (Å²) >= 11 is 1.75. The van der Waals surface area contributed by atoms with Gasteiger partial charge in [0.25, 0.3) is 15.9 Å². The quantitative estimate of drug-likeness (QED) is 0.248. The van der Waals surface area contributed by atoms with E-state index in [-0.39, 0.29) is 16.4 Å². The lowest BCUT2D eigenvalue weighted by molar-refractivity contribution is 0.102. The van der Waals surface area contributed by atoms with Gasteiger partial charge in [0.2, 0.25) is 0 Å². The maximum absolute atomic E-state index is 13.1. The highest BCUT2D eigenvalue weighted by Crippen LogP contribution is 2.25. The molecule has 0 saturated heterocycles. The smallest absolute Gasteiger partial charge is 0.262 e. The number of amides is 1. The van der Waals surface area contributed by atoms with Crippen LogP contribution in [-0.4, -0.2) is 14.3 Å². The Morgan fingerprint density at radius 3 is 2.11 bits per heavy atom. The van der Waals surface area contributed by atoms with Crippen molar-refractivity contribution < 1.29 is 13.2 Å². The molecule has 0 atom stereocenters. The minimum Gasteiger partial charge on any atom is -0.322 e. The molecule has 4 aromatic carbocycles. The molecular formula is C29H28N2O3S2. The minimum atomic E-state index is -3.87. The molecule has 0 aliphatic carbocycles. The van der Waals surface area contributed by atoms with Crippen molar-refractivity contribution in [2.75, 3.05) is 10.0 Å². The summed E-state index contributed by atoms with van der Waals surface area (Å²) in [6.07, 6.45) is 0. The predicted molar refractivity (Wildman–Crippen MR) is 148 cm³/mol. The van der Waals surface area contributed by atoms with Gasteiger partial charge in [0.15, 0.2) is 0 Å². The number of hydrogen-bond donors (Lipinski definition) is 2. The van der Waals surface area contributed by atoms with Crippen molar-refractivity contribution in [3.8, 4) is 0 Å². The minimum absolute atomic E-state index is 0.0718.